The second-order valence-electron chi connectivity index (χ2n) is 5.83. The van der Waals surface area contributed by atoms with E-state index in [-0.39, 0.29) is 5.91 Å². The number of thiophene rings is 1. The minimum atomic E-state index is -0.0803. The van der Waals surface area contributed by atoms with Gasteiger partial charge < -0.3 is 10.1 Å². The van der Waals surface area contributed by atoms with E-state index in [0.717, 1.165) is 6.54 Å². The Morgan fingerprint density at radius 3 is 2.84 bits per heavy atom. The predicted octanol–water partition coefficient (Wildman–Crippen LogP) is 4.63. The van der Waals surface area contributed by atoms with E-state index in [1.165, 1.54) is 15.6 Å². The fraction of sp³-hybridized carbons (Fsp3) is 0.211. The molecule has 25 heavy (non-hydrogen) atoms. The molecule has 1 heterocycles. The minimum Gasteiger partial charge on any atom is -0.495 e. The summed E-state index contributed by atoms with van der Waals surface area (Å²) in [6.45, 7) is 1.02. The lowest BCUT2D eigenvalue weighted by atomic mass is 10.2. The molecule has 0 spiro atoms. The van der Waals surface area contributed by atoms with Gasteiger partial charge in [0.1, 0.15) is 5.75 Å². The Bertz CT molecular complexity index is 894. The lowest BCUT2D eigenvalue weighted by molar-refractivity contribution is -0.117. The van der Waals surface area contributed by atoms with Gasteiger partial charge in [0.25, 0.3) is 0 Å². The molecule has 0 radical (unpaired) electrons. The van der Waals surface area contributed by atoms with Crippen LogP contribution in [0.25, 0.3) is 10.1 Å². The predicted molar refractivity (Wildman–Crippen MR) is 105 cm³/mol. The molecule has 0 aliphatic rings. The zero-order valence-corrected chi connectivity index (χ0v) is 15.7. The first kappa shape index (κ1) is 17.7. The topological polar surface area (TPSA) is 41.6 Å². The minimum absolute atomic E-state index is 0.0803. The number of hydrogen-bond acceptors (Lipinski definition) is 4. The number of halogens is 1. The van der Waals surface area contributed by atoms with Gasteiger partial charge in [0.2, 0.25) is 5.91 Å². The van der Waals surface area contributed by atoms with Crippen LogP contribution in [0.4, 0.5) is 5.69 Å². The molecule has 1 aromatic heterocycles. The van der Waals surface area contributed by atoms with Crippen molar-refractivity contribution in [2.24, 2.45) is 0 Å². The van der Waals surface area contributed by atoms with E-state index in [1.54, 1.807) is 36.6 Å². The van der Waals surface area contributed by atoms with Gasteiger partial charge in [0, 0.05) is 16.9 Å². The highest BCUT2D eigenvalue weighted by Gasteiger charge is 2.11. The molecule has 4 nitrogen and oxygen atoms in total. The van der Waals surface area contributed by atoms with Gasteiger partial charge in [-0.05, 0) is 47.6 Å². The molecule has 1 amide bonds. The number of benzene rings is 2. The van der Waals surface area contributed by atoms with Crippen molar-refractivity contribution < 1.29 is 9.53 Å². The summed E-state index contributed by atoms with van der Waals surface area (Å²) >= 11 is 7.81. The summed E-state index contributed by atoms with van der Waals surface area (Å²) in [6, 6.07) is 13.5. The Morgan fingerprint density at radius 1 is 1.28 bits per heavy atom. The van der Waals surface area contributed by atoms with Gasteiger partial charge >= 0.3 is 0 Å². The summed E-state index contributed by atoms with van der Waals surface area (Å²) in [7, 11) is 3.50. The van der Waals surface area contributed by atoms with Gasteiger partial charge in [-0.1, -0.05) is 29.8 Å². The van der Waals surface area contributed by atoms with Gasteiger partial charge in [0.15, 0.2) is 0 Å². The molecule has 0 bridgehead atoms. The van der Waals surface area contributed by atoms with E-state index >= 15 is 0 Å². The highest BCUT2D eigenvalue weighted by molar-refractivity contribution is 7.17. The molecule has 1 N–H and O–H groups in total. The van der Waals surface area contributed by atoms with Gasteiger partial charge in [-0.2, -0.15) is 0 Å². The fourth-order valence-corrected chi connectivity index (χ4v) is 3.90. The van der Waals surface area contributed by atoms with Crippen molar-refractivity contribution in [2.75, 3.05) is 26.0 Å². The molecule has 0 fully saturated rings. The van der Waals surface area contributed by atoms with Crippen LogP contribution in [0.15, 0.2) is 47.8 Å². The molecular weight excluding hydrogens is 356 g/mol. The highest BCUT2D eigenvalue weighted by atomic mass is 35.5. The first-order valence-corrected chi connectivity index (χ1v) is 9.09. The van der Waals surface area contributed by atoms with Crippen LogP contribution < -0.4 is 10.1 Å². The van der Waals surface area contributed by atoms with E-state index in [4.69, 9.17) is 16.3 Å². The van der Waals surface area contributed by atoms with Gasteiger partial charge in [0.05, 0.1) is 18.7 Å². The Morgan fingerprint density at radius 2 is 2.08 bits per heavy atom. The molecular formula is C19H19ClN2O2S. The van der Waals surface area contributed by atoms with Crippen molar-refractivity contribution in [3.63, 3.8) is 0 Å². The van der Waals surface area contributed by atoms with Gasteiger partial charge in [-0.15, -0.1) is 11.3 Å². The zero-order valence-electron chi connectivity index (χ0n) is 14.1. The summed E-state index contributed by atoms with van der Waals surface area (Å²) in [5.74, 6) is 0.504. The van der Waals surface area contributed by atoms with Crippen molar-refractivity contribution in [1.82, 2.24) is 4.90 Å². The molecule has 0 saturated heterocycles. The van der Waals surface area contributed by atoms with Crippen LogP contribution in [0.1, 0.15) is 5.56 Å². The van der Waals surface area contributed by atoms with E-state index in [9.17, 15) is 4.79 Å². The number of methoxy groups -OCH3 is 1. The molecule has 0 atom stereocenters. The van der Waals surface area contributed by atoms with Crippen LogP contribution in [0.5, 0.6) is 5.75 Å². The van der Waals surface area contributed by atoms with Crippen LogP contribution in [0.2, 0.25) is 5.02 Å². The second kappa shape index (κ2) is 7.87. The number of ether oxygens (including phenoxy) is 1. The number of amides is 1. The SMILES string of the molecule is COc1ccc(NC(=O)CN(C)Cc2csc3ccccc23)cc1Cl. The third kappa shape index (κ3) is 4.31. The van der Waals surface area contributed by atoms with Crippen LogP contribution in [-0.4, -0.2) is 31.5 Å². The maximum atomic E-state index is 12.3. The third-order valence-corrected chi connectivity index (χ3v) is 5.16. The van der Waals surface area contributed by atoms with Gasteiger partial charge in [-0.3, -0.25) is 9.69 Å². The molecule has 0 aliphatic heterocycles. The normalized spacial score (nSPS) is 11.0. The Kier molecular flexibility index (Phi) is 5.58. The molecule has 0 aliphatic carbocycles. The van der Waals surface area contributed by atoms with Crippen LogP contribution in [0, 0.1) is 0 Å². The number of rotatable bonds is 6. The average Bonchev–Trinajstić information content (AvgIpc) is 2.98. The third-order valence-electron chi connectivity index (χ3n) is 3.85. The first-order chi connectivity index (χ1) is 12.1. The van der Waals surface area contributed by atoms with Crippen molar-refractivity contribution >= 4 is 44.6 Å². The van der Waals surface area contributed by atoms with Gasteiger partial charge in [-0.25, -0.2) is 0 Å². The number of fused-ring (bicyclic) bond motifs is 1. The molecule has 3 rings (SSSR count). The highest BCUT2D eigenvalue weighted by Crippen LogP contribution is 2.28. The maximum absolute atomic E-state index is 12.3. The largest absolute Gasteiger partial charge is 0.495 e. The smallest absolute Gasteiger partial charge is 0.238 e. The number of nitrogens with zero attached hydrogens (tertiary/aromatic N) is 1. The molecule has 0 unspecified atom stereocenters. The number of carbonyl (C=O) groups is 1. The molecule has 2 aromatic carbocycles. The Balaban J connectivity index is 1.60. The Labute approximate surface area is 156 Å². The summed E-state index contributed by atoms with van der Waals surface area (Å²) in [5, 5.41) is 6.74. The first-order valence-electron chi connectivity index (χ1n) is 7.84. The van der Waals surface area contributed by atoms with Crippen molar-refractivity contribution in [3.05, 3.63) is 58.4 Å². The molecule has 130 valence electrons. The number of carbonyl (C=O) groups excluding carboxylic acids is 1. The van der Waals surface area contributed by atoms with Crippen molar-refractivity contribution in [2.45, 2.75) is 6.54 Å². The lowest BCUT2D eigenvalue weighted by Crippen LogP contribution is -2.29. The quantitative estimate of drug-likeness (QED) is 0.683. The maximum Gasteiger partial charge on any atom is 0.238 e. The Hall–Kier alpha value is -2.08. The van der Waals surface area contributed by atoms with Crippen LogP contribution in [0.3, 0.4) is 0 Å². The zero-order chi connectivity index (χ0) is 17.8. The molecule has 3 aromatic rings. The van der Waals surface area contributed by atoms with Crippen LogP contribution >= 0.6 is 22.9 Å². The molecule has 0 saturated carbocycles. The van der Waals surface area contributed by atoms with Crippen molar-refractivity contribution in [1.29, 1.82) is 0 Å². The van der Waals surface area contributed by atoms with Crippen LogP contribution in [-0.2, 0) is 11.3 Å². The monoisotopic (exact) mass is 374 g/mol. The average molecular weight is 375 g/mol. The summed E-state index contributed by atoms with van der Waals surface area (Å²) in [4.78, 5) is 14.3. The van der Waals surface area contributed by atoms with E-state index < -0.39 is 0 Å². The summed E-state index contributed by atoms with van der Waals surface area (Å²) < 4.78 is 6.38. The lowest BCUT2D eigenvalue weighted by Gasteiger charge is -2.16. The number of nitrogens with one attached hydrogen (secondary N) is 1. The van der Waals surface area contributed by atoms with E-state index in [0.29, 0.717) is 23.0 Å². The standard InChI is InChI=1S/C19H19ClN2O2S/c1-22(10-13-12-25-18-6-4-3-5-15(13)18)11-19(23)21-14-7-8-17(24-2)16(20)9-14/h3-9,12H,10-11H2,1-2H3,(H,21,23). The summed E-state index contributed by atoms with van der Waals surface area (Å²) in [6.07, 6.45) is 0. The molecule has 6 heteroatoms. The fourth-order valence-electron chi connectivity index (χ4n) is 2.69. The number of likely N-dealkylation sites (N-methyl/N-ethyl adjacent to an activating group) is 1. The van der Waals surface area contributed by atoms with E-state index in [1.807, 2.05) is 24.1 Å². The number of anilines is 1. The number of hydrogen-bond donors (Lipinski definition) is 1. The van der Waals surface area contributed by atoms with E-state index in [2.05, 4.69) is 22.8 Å². The summed E-state index contributed by atoms with van der Waals surface area (Å²) in [5.41, 5.74) is 1.90. The second-order valence-corrected chi connectivity index (χ2v) is 7.15. The van der Waals surface area contributed by atoms with Crippen molar-refractivity contribution in [3.8, 4) is 5.75 Å².